The largest absolute Gasteiger partial charge is 0.243 e. The molecule has 1 heterocycles. The van der Waals surface area contributed by atoms with Crippen LogP contribution in [0.15, 0.2) is 18.7 Å². The van der Waals surface area contributed by atoms with Gasteiger partial charge in [0.2, 0.25) is 6.33 Å². The van der Waals surface area contributed by atoms with Crippen LogP contribution in [-0.2, 0) is 13.1 Å². The normalized spacial score (nSPS) is 11.2. The van der Waals surface area contributed by atoms with Crippen molar-refractivity contribution in [2.45, 2.75) is 117 Å². The van der Waals surface area contributed by atoms with Crippen molar-refractivity contribution in [3.63, 3.8) is 0 Å². The standard InChI is InChI=1S/C21H41N2/c1-3-5-7-8-9-10-11-12-13-14-16-18-23-20-19-22(21-23)17-15-6-4-2/h19-21H,3-18H2,1-2H3/q+1. The predicted molar refractivity (Wildman–Crippen MR) is 101 cm³/mol. The monoisotopic (exact) mass is 321 g/mol. The number of unbranched alkanes of at least 4 members (excludes halogenated alkanes) is 12. The maximum Gasteiger partial charge on any atom is 0.243 e. The maximum atomic E-state index is 2.36. The second-order valence-electron chi connectivity index (χ2n) is 7.13. The fraction of sp³-hybridized carbons (Fsp3) is 0.857. The number of hydrogen-bond donors (Lipinski definition) is 0. The van der Waals surface area contributed by atoms with Gasteiger partial charge in [-0.2, -0.15) is 0 Å². The quantitative estimate of drug-likeness (QED) is 0.250. The first-order chi connectivity index (χ1) is 11.4. The van der Waals surface area contributed by atoms with Gasteiger partial charge in [0.1, 0.15) is 12.4 Å². The SMILES string of the molecule is CCCCCCCCCCCCCn1cc[n+](CCCCC)c1. The van der Waals surface area contributed by atoms with Gasteiger partial charge in [-0.25, -0.2) is 9.13 Å². The predicted octanol–water partition coefficient (Wildman–Crippen LogP) is 6.28. The number of nitrogens with zero attached hydrogens (tertiary/aromatic N) is 2. The Balaban J connectivity index is 1.89. The minimum atomic E-state index is 1.18. The second kappa shape index (κ2) is 14.8. The Labute approximate surface area is 145 Å². The van der Waals surface area contributed by atoms with Crippen molar-refractivity contribution in [1.29, 1.82) is 0 Å². The molecule has 0 saturated carbocycles. The zero-order chi connectivity index (χ0) is 16.6. The van der Waals surface area contributed by atoms with Gasteiger partial charge < -0.3 is 0 Å². The van der Waals surface area contributed by atoms with Gasteiger partial charge in [0.15, 0.2) is 0 Å². The molecule has 1 rings (SSSR count). The molecule has 0 aliphatic carbocycles. The Kier molecular flexibility index (Phi) is 13.0. The van der Waals surface area contributed by atoms with Gasteiger partial charge in [-0.15, -0.1) is 0 Å². The average Bonchev–Trinajstić information content (AvgIpc) is 3.01. The van der Waals surface area contributed by atoms with Gasteiger partial charge in [-0.3, -0.25) is 0 Å². The van der Waals surface area contributed by atoms with Crippen molar-refractivity contribution in [3.05, 3.63) is 18.7 Å². The number of aromatic nitrogens is 2. The molecule has 23 heavy (non-hydrogen) atoms. The summed E-state index contributed by atoms with van der Waals surface area (Å²) in [5.74, 6) is 0. The summed E-state index contributed by atoms with van der Waals surface area (Å²) in [6.45, 7) is 6.93. The molecule has 0 amide bonds. The van der Waals surface area contributed by atoms with Crippen molar-refractivity contribution in [2.75, 3.05) is 0 Å². The van der Waals surface area contributed by atoms with Crippen molar-refractivity contribution >= 4 is 0 Å². The Morgan fingerprint density at radius 1 is 0.652 bits per heavy atom. The maximum absolute atomic E-state index is 2.36. The van der Waals surface area contributed by atoms with Crippen molar-refractivity contribution in [2.24, 2.45) is 0 Å². The van der Waals surface area contributed by atoms with Crippen molar-refractivity contribution in [3.8, 4) is 0 Å². The lowest BCUT2D eigenvalue weighted by Gasteiger charge is -2.02. The summed E-state index contributed by atoms with van der Waals surface area (Å²) < 4.78 is 4.70. The Bertz CT molecular complexity index is 356. The Morgan fingerprint density at radius 3 is 1.78 bits per heavy atom. The number of imidazole rings is 1. The molecule has 0 aromatic carbocycles. The lowest BCUT2D eigenvalue weighted by atomic mass is 10.1. The third-order valence-electron chi connectivity index (χ3n) is 4.79. The highest BCUT2D eigenvalue weighted by Gasteiger charge is 2.03. The molecule has 2 nitrogen and oxygen atoms in total. The third kappa shape index (κ3) is 11.4. The van der Waals surface area contributed by atoms with Gasteiger partial charge in [-0.05, 0) is 25.7 Å². The lowest BCUT2D eigenvalue weighted by molar-refractivity contribution is -0.696. The summed E-state index contributed by atoms with van der Waals surface area (Å²) in [5, 5.41) is 0. The highest BCUT2D eigenvalue weighted by Crippen LogP contribution is 2.11. The zero-order valence-corrected chi connectivity index (χ0v) is 15.9. The first-order valence-electron chi connectivity index (χ1n) is 10.4. The minimum absolute atomic E-state index is 1.18. The molecule has 0 unspecified atom stereocenters. The molecule has 134 valence electrons. The van der Waals surface area contributed by atoms with Crippen LogP contribution >= 0.6 is 0 Å². The summed E-state index contributed by atoms with van der Waals surface area (Å²) >= 11 is 0. The van der Waals surface area contributed by atoms with E-state index < -0.39 is 0 Å². The molecule has 0 aliphatic heterocycles. The summed E-state index contributed by atoms with van der Waals surface area (Å²) in [6, 6.07) is 0. The van der Waals surface area contributed by atoms with Gasteiger partial charge >= 0.3 is 0 Å². The molecule has 1 aromatic rings. The number of aryl methyl sites for hydroxylation is 2. The molecule has 0 aliphatic rings. The van der Waals surface area contributed by atoms with Crippen LogP contribution < -0.4 is 4.57 Å². The van der Waals surface area contributed by atoms with E-state index in [0.717, 1.165) is 0 Å². The number of hydrogen-bond acceptors (Lipinski definition) is 0. The lowest BCUT2D eigenvalue weighted by Crippen LogP contribution is -2.30. The molecule has 0 N–H and O–H groups in total. The molecule has 0 spiro atoms. The fourth-order valence-electron chi connectivity index (χ4n) is 3.21. The van der Waals surface area contributed by atoms with E-state index in [2.05, 4.69) is 41.7 Å². The first-order valence-corrected chi connectivity index (χ1v) is 10.4. The first kappa shape index (κ1) is 20.3. The molecular weight excluding hydrogens is 280 g/mol. The molecular formula is C21H41N2+. The van der Waals surface area contributed by atoms with Crippen LogP contribution in [0.4, 0.5) is 0 Å². The molecule has 1 aromatic heterocycles. The third-order valence-corrected chi connectivity index (χ3v) is 4.79. The van der Waals surface area contributed by atoms with E-state index in [1.807, 2.05) is 0 Å². The van der Waals surface area contributed by atoms with E-state index in [1.165, 1.54) is 103 Å². The molecule has 0 fully saturated rings. The topological polar surface area (TPSA) is 8.81 Å². The molecule has 0 bridgehead atoms. The van der Waals surface area contributed by atoms with Crippen LogP contribution in [0, 0.1) is 0 Å². The summed E-state index contributed by atoms with van der Waals surface area (Å²) in [4.78, 5) is 0. The van der Waals surface area contributed by atoms with Crippen LogP contribution in [0.25, 0.3) is 0 Å². The molecule has 0 radical (unpaired) electrons. The van der Waals surface area contributed by atoms with Crippen LogP contribution in [-0.4, -0.2) is 4.57 Å². The van der Waals surface area contributed by atoms with Gasteiger partial charge in [0.25, 0.3) is 0 Å². The van der Waals surface area contributed by atoms with Crippen LogP contribution in [0.3, 0.4) is 0 Å². The van der Waals surface area contributed by atoms with E-state index in [4.69, 9.17) is 0 Å². The Hall–Kier alpha value is -0.790. The second-order valence-corrected chi connectivity index (χ2v) is 7.13. The number of rotatable bonds is 16. The van der Waals surface area contributed by atoms with Gasteiger partial charge in [-0.1, -0.05) is 78.1 Å². The van der Waals surface area contributed by atoms with Gasteiger partial charge in [0.05, 0.1) is 13.1 Å². The van der Waals surface area contributed by atoms with Crippen molar-refractivity contribution in [1.82, 2.24) is 4.57 Å². The van der Waals surface area contributed by atoms with Gasteiger partial charge in [0, 0.05) is 0 Å². The minimum Gasteiger partial charge on any atom is -0.237 e. The smallest absolute Gasteiger partial charge is 0.237 e. The van der Waals surface area contributed by atoms with E-state index in [1.54, 1.807) is 0 Å². The van der Waals surface area contributed by atoms with Crippen LogP contribution in [0.1, 0.15) is 104 Å². The molecule has 0 saturated heterocycles. The van der Waals surface area contributed by atoms with E-state index in [0.29, 0.717) is 0 Å². The molecule has 2 heteroatoms. The summed E-state index contributed by atoms with van der Waals surface area (Å²) in [5.41, 5.74) is 0. The van der Waals surface area contributed by atoms with Crippen molar-refractivity contribution < 1.29 is 4.57 Å². The highest BCUT2D eigenvalue weighted by atomic mass is 15.1. The Morgan fingerprint density at radius 2 is 1.17 bits per heavy atom. The summed E-state index contributed by atoms with van der Waals surface area (Å²) in [7, 11) is 0. The molecule has 0 atom stereocenters. The average molecular weight is 322 g/mol. The van der Waals surface area contributed by atoms with E-state index in [9.17, 15) is 0 Å². The van der Waals surface area contributed by atoms with Crippen LogP contribution in [0.2, 0.25) is 0 Å². The highest BCUT2D eigenvalue weighted by molar-refractivity contribution is 4.66. The van der Waals surface area contributed by atoms with E-state index >= 15 is 0 Å². The zero-order valence-electron chi connectivity index (χ0n) is 15.9. The summed E-state index contributed by atoms with van der Waals surface area (Å²) in [6.07, 6.45) is 26.4. The van der Waals surface area contributed by atoms with E-state index in [-0.39, 0.29) is 0 Å². The fourth-order valence-corrected chi connectivity index (χ4v) is 3.21. The van der Waals surface area contributed by atoms with Crippen LogP contribution in [0.5, 0.6) is 0 Å².